The number of carboxylic acid groups (broad SMARTS) is 1. The highest BCUT2D eigenvalue weighted by Crippen LogP contribution is 2.37. The number of nitrogens with zero attached hydrogens (tertiary/aromatic N) is 1. The first-order chi connectivity index (χ1) is 9.46. The summed E-state index contributed by atoms with van der Waals surface area (Å²) < 4.78 is 5.65. The molecule has 6 nitrogen and oxygen atoms in total. The zero-order chi connectivity index (χ0) is 14.8. The third kappa shape index (κ3) is 2.83. The Labute approximate surface area is 124 Å². The van der Waals surface area contributed by atoms with Crippen LogP contribution in [0.3, 0.4) is 0 Å². The number of carbonyl (C=O) groups is 1. The number of benzene rings is 1. The zero-order valence-corrected chi connectivity index (χ0v) is 12.3. The minimum Gasteiger partial charge on any atom is -0.481 e. The van der Waals surface area contributed by atoms with Crippen LogP contribution in [-0.2, 0) is 16.0 Å². The predicted octanol–water partition coefficient (Wildman–Crippen LogP) is 2.78. The first-order valence-electron chi connectivity index (χ1n) is 6.19. The molecule has 20 heavy (non-hydrogen) atoms. The molecule has 1 N–H and O–H groups in total. The van der Waals surface area contributed by atoms with Crippen molar-refractivity contribution in [1.82, 2.24) is 0 Å². The highest BCUT2D eigenvalue weighted by atomic mass is 79.9. The lowest BCUT2D eigenvalue weighted by atomic mass is 9.77. The monoisotopic (exact) mass is 343 g/mol. The maximum atomic E-state index is 11.6. The van der Waals surface area contributed by atoms with Gasteiger partial charge in [-0.05, 0) is 40.8 Å². The van der Waals surface area contributed by atoms with Gasteiger partial charge in [0.1, 0.15) is 0 Å². The van der Waals surface area contributed by atoms with Gasteiger partial charge in [-0.15, -0.1) is 0 Å². The lowest BCUT2D eigenvalue weighted by Crippen LogP contribution is -2.41. The molecule has 108 valence electrons. The molecule has 1 aromatic carbocycles. The highest BCUT2D eigenvalue weighted by molar-refractivity contribution is 9.10. The second-order valence-corrected chi connectivity index (χ2v) is 5.72. The Hall–Kier alpha value is -1.47. The van der Waals surface area contributed by atoms with Crippen molar-refractivity contribution < 1.29 is 19.6 Å². The van der Waals surface area contributed by atoms with Crippen molar-refractivity contribution in [2.24, 2.45) is 5.41 Å². The number of halogens is 1. The molecular weight excluding hydrogens is 330 g/mol. The molecule has 0 aliphatic carbocycles. The van der Waals surface area contributed by atoms with E-state index in [1.165, 1.54) is 6.07 Å². The van der Waals surface area contributed by atoms with E-state index in [1.54, 1.807) is 12.1 Å². The van der Waals surface area contributed by atoms with Crippen LogP contribution in [0.2, 0.25) is 0 Å². The van der Waals surface area contributed by atoms with Gasteiger partial charge < -0.3 is 9.84 Å². The quantitative estimate of drug-likeness (QED) is 0.670. The molecule has 1 unspecified atom stereocenters. The van der Waals surface area contributed by atoms with E-state index >= 15 is 0 Å². The molecule has 1 aromatic rings. The van der Waals surface area contributed by atoms with Gasteiger partial charge in [0.2, 0.25) is 0 Å². The maximum Gasteiger partial charge on any atom is 0.312 e. The van der Waals surface area contributed by atoms with Crippen LogP contribution in [-0.4, -0.2) is 29.2 Å². The molecule has 0 spiro atoms. The van der Waals surface area contributed by atoms with Gasteiger partial charge >= 0.3 is 5.97 Å². The summed E-state index contributed by atoms with van der Waals surface area (Å²) in [5.41, 5.74) is -0.442. The Morgan fingerprint density at radius 3 is 2.85 bits per heavy atom. The summed E-state index contributed by atoms with van der Waals surface area (Å²) in [4.78, 5) is 22.0. The number of hydrogen-bond acceptors (Lipinski definition) is 4. The fourth-order valence-corrected chi connectivity index (χ4v) is 2.99. The number of nitro benzene ring substituents is 1. The Morgan fingerprint density at radius 2 is 2.30 bits per heavy atom. The van der Waals surface area contributed by atoms with Gasteiger partial charge in [-0.2, -0.15) is 0 Å². The van der Waals surface area contributed by atoms with Crippen molar-refractivity contribution >= 4 is 27.6 Å². The number of nitro groups is 1. The SMILES string of the molecule is O=C(O)C1(Cc2cccc([N+](=O)[O-])c2Br)CCCOC1. The lowest BCUT2D eigenvalue weighted by molar-refractivity contribution is -0.385. The van der Waals surface area contributed by atoms with Crippen LogP contribution in [0.1, 0.15) is 18.4 Å². The van der Waals surface area contributed by atoms with Crippen molar-refractivity contribution in [3.8, 4) is 0 Å². The minimum atomic E-state index is -1.00. The van der Waals surface area contributed by atoms with Gasteiger partial charge in [-0.3, -0.25) is 14.9 Å². The first-order valence-corrected chi connectivity index (χ1v) is 6.98. The van der Waals surface area contributed by atoms with Gasteiger partial charge in [0, 0.05) is 12.7 Å². The number of hydrogen-bond donors (Lipinski definition) is 1. The van der Waals surface area contributed by atoms with Gasteiger partial charge in [0.05, 0.1) is 21.4 Å². The van der Waals surface area contributed by atoms with E-state index in [0.29, 0.717) is 29.5 Å². The van der Waals surface area contributed by atoms with Crippen LogP contribution in [0.25, 0.3) is 0 Å². The molecular formula is C13H14BrNO5. The maximum absolute atomic E-state index is 11.6. The largest absolute Gasteiger partial charge is 0.481 e. The van der Waals surface area contributed by atoms with Crippen molar-refractivity contribution in [3.63, 3.8) is 0 Å². The van der Waals surface area contributed by atoms with E-state index < -0.39 is 16.3 Å². The topological polar surface area (TPSA) is 89.7 Å². The zero-order valence-electron chi connectivity index (χ0n) is 10.7. The van der Waals surface area contributed by atoms with Crippen molar-refractivity contribution in [2.45, 2.75) is 19.3 Å². The molecule has 1 aliphatic heterocycles. The normalized spacial score (nSPS) is 22.4. The Bertz CT molecular complexity index is 540. The molecule has 2 rings (SSSR count). The number of aliphatic carboxylic acids is 1. The first kappa shape index (κ1) is 14.9. The molecule has 0 aromatic heterocycles. The summed E-state index contributed by atoms with van der Waals surface area (Å²) in [6, 6.07) is 4.66. The number of ether oxygens (including phenoxy) is 1. The molecule has 7 heteroatoms. The van der Waals surface area contributed by atoms with Crippen LogP contribution >= 0.6 is 15.9 Å². The highest BCUT2D eigenvalue weighted by Gasteiger charge is 2.41. The molecule has 1 atom stereocenters. The van der Waals surface area contributed by atoms with Gasteiger partial charge in [-0.1, -0.05) is 12.1 Å². The molecule has 1 fully saturated rings. The second kappa shape index (κ2) is 5.88. The molecule has 1 heterocycles. The van der Waals surface area contributed by atoms with Gasteiger partial charge in [0.25, 0.3) is 5.69 Å². The summed E-state index contributed by atoms with van der Waals surface area (Å²) in [6.45, 7) is 0.697. The van der Waals surface area contributed by atoms with E-state index in [-0.39, 0.29) is 18.7 Å². The van der Waals surface area contributed by atoms with E-state index in [4.69, 9.17) is 4.74 Å². The summed E-state index contributed by atoms with van der Waals surface area (Å²) in [6.07, 6.45) is 1.40. The fraction of sp³-hybridized carbons (Fsp3) is 0.462. The van der Waals surface area contributed by atoms with E-state index in [2.05, 4.69) is 15.9 Å². The van der Waals surface area contributed by atoms with Crippen LogP contribution in [0.15, 0.2) is 22.7 Å². The molecule has 1 aliphatic rings. The summed E-state index contributed by atoms with van der Waals surface area (Å²) in [5.74, 6) is -0.921. The summed E-state index contributed by atoms with van der Waals surface area (Å²) in [7, 11) is 0. The summed E-state index contributed by atoms with van der Waals surface area (Å²) >= 11 is 3.21. The van der Waals surface area contributed by atoms with E-state index in [9.17, 15) is 20.0 Å². The average Bonchev–Trinajstić information content (AvgIpc) is 2.41. The molecule has 0 amide bonds. The van der Waals surface area contributed by atoms with Crippen LogP contribution < -0.4 is 0 Å². The number of rotatable bonds is 4. The van der Waals surface area contributed by atoms with E-state index in [1.807, 2.05) is 0 Å². The molecule has 1 saturated heterocycles. The molecule has 0 bridgehead atoms. The lowest BCUT2D eigenvalue weighted by Gasteiger charge is -2.33. The van der Waals surface area contributed by atoms with E-state index in [0.717, 1.165) is 0 Å². The predicted molar refractivity (Wildman–Crippen MR) is 74.6 cm³/mol. The fourth-order valence-electron chi connectivity index (χ4n) is 2.44. The number of carboxylic acids is 1. The van der Waals surface area contributed by atoms with Crippen LogP contribution in [0.5, 0.6) is 0 Å². The Balaban J connectivity index is 2.34. The Kier molecular flexibility index (Phi) is 4.39. The van der Waals surface area contributed by atoms with Crippen LogP contribution in [0, 0.1) is 15.5 Å². The molecule has 0 saturated carbocycles. The van der Waals surface area contributed by atoms with Gasteiger partial charge in [0.15, 0.2) is 0 Å². The molecule has 0 radical (unpaired) electrons. The van der Waals surface area contributed by atoms with Crippen LogP contribution in [0.4, 0.5) is 5.69 Å². The average molecular weight is 344 g/mol. The van der Waals surface area contributed by atoms with Crippen molar-refractivity contribution in [2.75, 3.05) is 13.2 Å². The minimum absolute atomic E-state index is 0.0558. The van der Waals surface area contributed by atoms with Crippen molar-refractivity contribution in [3.05, 3.63) is 38.3 Å². The third-order valence-corrected chi connectivity index (χ3v) is 4.48. The standard InChI is InChI=1S/C13H14BrNO5/c14-11-9(3-1-4-10(11)15(18)19)7-13(12(16)17)5-2-6-20-8-13/h1,3-4H,2,5-8H2,(H,16,17). The third-order valence-electron chi connectivity index (χ3n) is 3.56. The van der Waals surface area contributed by atoms with Gasteiger partial charge in [-0.25, -0.2) is 0 Å². The summed E-state index contributed by atoms with van der Waals surface area (Å²) in [5, 5.41) is 20.4. The second-order valence-electron chi connectivity index (χ2n) is 4.93. The van der Waals surface area contributed by atoms with Crippen molar-refractivity contribution in [1.29, 1.82) is 0 Å². The Morgan fingerprint density at radius 1 is 1.55 bits per heavy atom. The smallest absolute Gasteiger partial charge is 0.312 e.